The van der Waals surface area contributed by atoms with Gasteiger partial charge < -0.3 is 14.6 Å². The highest BCUT2D eigenvalue weighted by Gasteiger charge is 2.41. The number of fused-ring (bicyclic) bond motifs is 4. The number of hydrogen-bond donors (Lipinski definition) is 2. The number of aromatic nitrogens is 1. The molecular formula is C39H36N4O12S3. The van der Waals surface area contributed by atoms with Crippen LogP contribution in [0.25, 0.3) is 27.1 Å². The second kappa shape index (κ2) is 16.2. The fourth-order valence-electron chi connectivity index (χ4n) is 7.29. The smallest absolute Gasteiger partial charge is 0.303 e. The number of anilines is 1. The van der Waals surface area contributed by atoms with E-state index in [1.807, 2.05) is 59.7 Å². The van der Waals surface area contributed by atoms with Crippen LogP contribution in [0.1, 0.15) is 55.7 Å². The molecule has 0 amide bonds. The maximum absolute atomic E-state index is 12.4. The number of allylic oxidation sites excluding steroid dienone is 5. The molecule has 302 valence electrons. The fourth-order valence-corrected chi connectivity index (χ4v) is 9.70. The van der Waals surface area contributed by atoms with E-state index in [2.05, 4.69) is 0 Å². The Labute approximate surface area is 336 Å². The zero-order chi connectivity index (χ0) is 42.2. The van der Waals surface area contributed by atoms with Gasteiger partial charge in [-0.1, -0.05) is 68.0 Å². The van der Waals surface area contributed by atoms with Crippen LogP contribution in [0.2, 0.25) is 0 Å². The van der Waals surface area contributed by atoms with Crippen LogP contribution in [0.5, 0.6) is 0 Å². The van der Waals surface area contributed by atoms with Gasteiger partial charge in [-0.25, -0.2) is 8.42 Å². The van der Waals surface area contributed by atoms with Crippen molar-refractivity contribution in [1.29, 1.82) is 0 Å². The first kappa shape index (κ1) is 41.8. The number of carbonyl (C=O) groups is 1. The summed E-state index contributed by atoms with van der Waals surface area (Å²) in [7, 11) is -10.1. The first-order chi connectivity index (χ1) is 27.3. The number of nitro benzene ring substituents is 2. The Morgan fingerprint density at radius 3 is 2.22 bits per heavy atom. The number of nitrogens with zero attached hydrogens (tertiary/aromatic N) is 4. The Morgan fingerprint density at radius 2 is 1.59 bits per heavy atom. The predicted molar refractivity (Wildman–Crippen MR) is 215 cm³/mol. The molecule has 4 aromatic carbocycles. The average Bonchev–Trinajstić information content (AvgIpc) is 3.59. The number of para-hydroxylation sites is 1. The SMILES string of the molecule is CC1(C)\C(=C/C=C/C=C/c2sc3ccccc3[n+]2Cc2cc([N+](=O)[O-])cc([N+](=O)[O-])c2)N(CCCCCC(=O)O)c2ccc3c(S(=O)(=O)O)cc(S(=O)(=O)[O-])cc3c21. The van der Waals surface area contributed by atoms with Gasteiger partial charge in [-0.3, -0.25) is 29.6 Å². The molecule has 0 fully saturated rings. The minimum Gasteiger partial charge on any atom is -0.744 e. The topological polar surface area (TPSA) is 242 Å². The molecule has 16 nitrogen and oxygen atoms in total. The van der Waals surface area contributed by atoms with E-state index < -0.39 is 62.6 Å². The first-order valence-electron chi connectivity index (χ1n) is 17.7. The molecule has 0 aliphatic carbocycles. The molecule has 0 saturated carbocycles. The van der Waals surface area contributed by atoms with Crippen LogP contribution in [0, 0.1) is 20.2 Å². The second-order valence-electron chi connectivity index (χ2n) is 14.0. The van der Waals surface area contributed by atoms with Gasteiger partial charge in [-0.15, -0.1) is 0 Å². The first-order valence-corrected chi connectivity index (χ1v) is 21.4. The third-order valence-electron chi connectivity index (χ3n) is 9.81. The molecule has 19 heteroatoms. The molecule has 0 unspecified atom stereocenters. The quantitative estimate of drug-likeness (QED) is 0.0264. The molecule has 2 N–H and O–H groups in total. The lowest BCUT2D eigenvalue weighted by atomic mass is 9.81. The van der Waals surface area contributed by atoms with Crippen LogP contribution in [0.4, 0.5) is 17.1 Å². The molecule has 1 aliphatic heterocycles. The lowest BCUT2D eigenvalue weighted by molar-refractivity contribution is -0.659. The molecule has 5 aromatic rings. The largest absolute Gasteiger partial charge is 0.744 e. The molecule has 1 aromatic heterocycles. The predicted octanol–water partition coefficient (Wildman–Crippen LogP) is 7.25. The number of hydrogen-bond acceptors (Lipinski definition) is 12. The Bertz CT molecular complexity index is 2790. The third-order valence-corrected chi connectivity index (χ3v) is 12.6. The van der Waals surface area contributed by atoms with Gasteiger partial charge in [0, 0.05) is 65.0 Å². The highest BCUT2D eigenvalue weighted by Crippen LogP contribution is 2.52. The maximum atomic E-state index is 12.4. The highest BCUT2D eigenvalue weighted by atomic mass is 32.2. The van der Waals surface area contributed by atoms with Crippen LogP contribution < -0.4 is 9.47 Å². The summed E-state index contributed by atoms with van der Waals surface area (Å²) >= 11 is 1.45. The zero-order valence-electron chi connectivity index (χ0n) is 31.0. The van der Waals surface area contributed by atoms with Crippen LogP contribution in [-0.4, -0.2) is 53.4 Å². The van der Waals surface area contributed by atoms with Gasteiger partial charge in [0.1, 0.15) is 19.7 Å². The van der Waals surface area contributed by atoms with Gasteiger partial charge in [0.25, 0.3) is 26.5 Å². The molecule has 58 heavy (non-hydrogen) atoms. The van der Waals surface area contributed by atoms with Gasteiger partial charge in [0.15, 0.2) is 6.54 Å². The molecule has 6 rings (SSSR count). The second-order valence-corrected chi connectivity index (χ2v) is 17.9. The minimum absolute atomic E-state index is 0.000332. The van der Waals surface area contributed by atoms with E-state index in [1.165, 1.54) is 29.5 Å². The van der Waals surface area contributed by atoms with Crippen LogP contribution in [0.3, 0.4) is 0 Å². The van der Waals surface area contributed by atoms with Gasteiger partial charge >= 0.3 is 5.97 Å². The molecule has 0 spiro atoms. The summed E-state index contributed by atoms with van der Waals surface area (Å²) in [5.41, 5.74) is 1.33. The fraction of sp³-hybridized carbons (Fsp3) is 0.231. The molecule has 0 atom stereocenters. The van der Waals surface area contributed by atoms with Crippen molar-refractivity contribution in [3.05, 3.63) is 133 Å². The number of thiazole rings is 1. The number of carboxylic acids is 1. The van der Waals surface area contributed by atoms with E-state index in [-0.39, 0.29) is 23.7 Å². The summed E-state index contributed by atoms with van der Waals surface area (Å²) in [5.74, 6) is -0.911. The molecule has 2 heterocycles. The zero-order valence-corrected chi connectivity index (χ0v) is 33.4. The molecule has 0 bridgehead atoms. The van der Waals surface area contributed by atoms with Crippen molar-refractivity contribution >= 4 is 81.7 Å². The third kappa shape index (κ3) is 8.67. The number of unbranched alkanes of at least 4 members (excludes halogenated alkanes) is 2. The maximum Gasteiger partial charge on any atom is 0.303 e. The summed E-state index contributed by atoms with van der Waals surface area (Å²) < 4.78 is 74.3. The highest BCUT2D eigenvalue weighted by molar-refractivity contribution is 7.86. The van der Waals surface area contributed by atoms with Crippen molar-refractivity contribution in [3.8, 4) is 0 Å². The van der Waals surface area contributed by atoms with Crippen LogP contribution >= 0.6 is 11.3 Å². The number of rotatable bonds is 15. The monoisotopic (exact) mass is 848 g/mol. The summed E-state index contributed by atoms with van der Waals surface area (Å²) in [4.78, 5) is 33.3. The average molecular weight is 849 g/mol. The van der Waals surface area contributed by atoms with E-state index in [4.69, 9.17) is 5.11 Å². The van der Waals surface area contributed by atoms with Crippen LogP contribution in [-0.2, 0) is 37.0 Å². The number of aliphatic carboxylic acids is 1. The van der Waals surface area contributed by atoms with Gasteiger partial charge in [-0.05, 0) is 54.1 Å². The molecular weight excluding hydrogens is 813 g/mol. The summed E-state index contributed by atoms with van der Waals surface area (Å²) in [6, 6.07) is 15.9. The molecule has 1 aliphatic rings. The van der Waals surface area contributed by atoms with Crippen molar-refractivity contribution < 1.29 is 50.3 Å². The van der Waals surface area contributed by atoms with E-state index in [1.54, 1.807) is 24.3 Å². The number of carboxylic acid groups (broad SMARTS) is 1. The van der Waals surface area contributed by atoms with Crippen LogP contribution in [0.15, 0.2) is 107 Å². The van der Waals surface area contributed by atoms with Crippen molar-refractivity contribution in [1.82, 2.24) is 0 Å². The number of benzene rings is 4. The number of non-ortho nitro benzene ring substituents is 2. The molecule has 0 radical (unpaired) electrons. The standard InChI is InChI=1S/C39H36N4O12S3/c1-39(2)35(13-5-3-6-14-36-41(31-11-8-9-12-33(31)56-36)24-25-19-26(42(46)47)21-27(20-25)43(48)49)40(18-10-4-7-15-37(44)45)32-17-16-29-30(38(32)39)22-28(57(50,51)52)23-34(29)58(53,54)55/h3,5-6,8-9,11-14,16-17,19-23H,4,7,10,15,18,24H2,1-2H3,(H2-,44,45,50,51,52,53,54,55). The number of nitro groups is 2. The minimum atomic E-state index is -5.15. The lowest BCUT2D eigenvalue weighted by Crippen LogP contribution is -2.35. The lowest BCUT2D eigenvalue weighted by Gasteiger charge is -2.27. The van der Waals surface area contributed by atoms with Crippen molar-refractivity contribution in [2.24, 2.45) is 0 Å². The van der Waals surface area contributed by atoms with E-state index in [0.717, 1.165) is 33.1 Å². The summed E-state index contributed by atoms with van der Waals surface area (Å²) in [6.07, 6.45) is 10.6. The van der Waals surface area contributed by atoms with Crippen molar-refractivity contribution in [2.45, 2.75) is 61.3 Å². The van der Waals surface area contributed by atoms with Crippen molar-refractivity contribution in [2.75, 3.05) is 11.4 Å². The Kier molecular flexibility index (Phi) is 11.7. The van der Waals surface area contributed by atoms with Crippen molar-refractivity contribution in [3.63, 3.8) is 0 Å². The van der Waals surface area contributed by atoms with E-state index >= 15 is 0 Å². The van der Waals surface area contributed by atoms with Gasteiger partial charge in [0.2, 0.25) is 5.52 Å². The Balaban J connectivity index is 1.39. The van der Waals surface area contributed by atoms with E-state index in [9.17, 15) is 51.0 Å². The molecule has 0 saturated heterocycles. The summed E-state index contributed by atoms with van der Waals surface area (Å²) in [6.45, 7) is 4.24. The van der Waals surface area contributed by atoms with Gasteiger partial charge in [0.05, 0.1) is 20.8 Å². The van der Waals surface area contributed by atoms with E-state index in [0.29, 0.717) is 48.7 Å². The Hall–Kier alpha value is -5.86. The van der Waals surface area contributed by atoms with Gasteiger partial charge in [-0.2, -0.15) is 13.0 Å². The normalized spacial score (nSPS) is 15.0. The summed E-state index contributed by atoms with van der Waals surface area (Å²) in [5, 5.41) is 33.1. The Morgan fingerprint density at radius 1 is 0.897 bits per heavy atom.